The van der Waals surface area contributed by atoms with Crippen LogP contribution in [0.25, 0.3) is 0 Å². The lowest BCUT2D eigenvalue weighted by molar-refractivity contribution is -0.168. The van der Waals surface area contributed by atoms with Crippen LogP contribution in [0.15, 0.2) is 36.4 Å². The number of carbonyl (C=O) groups is 3. The third kappa shape index (κ3) is 16.3. The maximum absolute atomic E-state index is 14.0. The minimum absolute atomic E-state index is 0.0523. The van der Waals surface area contributed by atoms with E-state index in [0.717, 1.165) is 44.9 Å². The standard InChI is InChI=1S/C44H71NO10Si/c1-9-11-13-17-20-27-43(53-32-33-54-43)28-21-18-15-14-16-19-22-37(44(50,41(48)49)29-31-55-56(7,8)42(3,4)5)39(46)45-38(40(47)51-6)34-35-23-25-36(26-24-35)52-30-12-10-2/h19,22-26,37-38,50H,9,11,13-18,20-21,27-34H2,1-8H3,(H,45,46)(H,48,49)/b22-19+/t37-,38+,44+/m1/s1. The number of benzene rings is 1. The molecule has 1 saturated heterocycles. The van der Waals surface area contributed by atoms with Gasteiger partial charge in [-0.05, 0) is 68.4 Å². The van der Waals surface area contributed by atoms with Crippen molar-refractivity contribution in [2.45, 2.75) is 160 Å². The van der Waals surface area contributed by atoms with E-state index in [0.29, 0.717) is 30.9 Å². The summed E-state index contributed by atoms with van der Waals surface area (Å²) in [5.74, 6) is 1.17. The van der Waals surface area contributed by atoms with E-state index in [1.807, 2.05) is 13.1 Å². The highest BCUT2D eigenvalue weighted by Gasteiger charge is 2.48. The summed E-state index contributed by atoms with van der Waals surface area (Å²) in [6.07, 6.45) is 15.0. The molecular formula is C44H71NO10Si. The van der Waals surface area contributed by atoms with Gasteiger partial charge in [0.05, 0.1) is 26.2 Å². The minimum Gasteiger partial charge on any atom is -0.481 e. The smallest absolute Gasteiger partial charge is 0.336 e. The lowest BCUT2D eigenvalue weighted by Gasteiger charge is -2.37. The monoisotopic (exact) mass is 801 g/mol. The number of hydrogen-bond donors (Lipinski definition) is 3. The van der Waals surface area contributed by atoms with Gasteiger partial charge in [0.1, 0.15) is 18.4 Å². The van der Waals surface area contributed by atoms with Crippen molar-refractivity contribution < 1.29 is 48.0 Å². The number of amides is 1. The molecule has 11 nitrogen and oxygen atoms in total. The van der Waals surface area contributed by atoms with Crippen LogP contribution in [0.3, 0.4) is 0 Å². The summed E-state index contributed by atoms with van der Waals surface area (Å²) < 4.78 is 29.0. The van der Waals surface area contributed by atoms with E-state index in [2.05, 4.69) is 44.9 Å². The summed E-state index contributed by atoms with van der Waals surface area (Å²) in [7, 11) is -1.07. The largest absolute Gasteiger partial charge is 0.481 e. The summed E-state index contributed by atoms with van der Waals surface area (Å²) in [5.41, 5.74) is -1.79. The van der Waals surface area contributed by atoms with Crippen LogP contribution in [0.2, 0.25) is 18.1 Å². The summed E-state index contributed by atoms with van der Waals surface area (Å²) >= 11 is 0. The zero-order valence-electron chi connectivity index (χ0n) is 35.5. The SMILES string of the molecule is CC#CCOc1ccc(C[C@H](NC(=O)[C@@H](/C=C/CCCCCCC2(CCCCCCC)OCCO2)[C@@](O)(CCO[Si](C)(C)C(C)(C)C)C(=O)O)C(=O)OC)cc1. The Morgan fingerprint density at radius 3 is 2.14 bits per heavy atom. The van der Waals surface area contributed by atoms with E-state index in [-0.39, 0.29) is 31.1 Å². The molecule has 2 rings (SSSR count). The van der Waals surface area contributed by atoms with Gasteiger partial charge in [-0.25, -0.2) is 9.59 Å². The number of allylic oxidation sites excluding steroid dienone is 1. The van der Waals surface area contributed by atoms with E-state index >= 15 is 0 Å². The van der Waals surface area contributed by atoms with E-state index < -0.39 is 49.5 Å². The van der Waals surface area contributed by atoms with Gasteiger partial charge in [-0.15, -0.1) is 5.92 Å². The molecule has 1 heterocycles. The van der Waals surface area contributed by atoms with Crippen LogP contribution in [0.5, 0.6) is 5.75 Å². The molecule has 0 saturated carbocycles. The van der Waals surface area contributed by atoms with Gasteiger partial charge in [-0.3, -0.25) is 4.79 Å². The molecule has 1 aliphatic rings. The third-order valence-electron chi connectivity index (χ3n) is 11.1. The summed E-state index contributed by atoms with van der Waals surface area (Å²) in [4.78, 5) is 39.8. The number of hydrogen-bond acceptors (Lipinski definition) is 9. The second-order valence-corrected chi connectivity index (χ2v) is 21.2. The average molecular weight is 802 g/mol. The molecule has 1 fully saturated rings. The molecular weight excluding hydrogens is 731 g/mol. The van der Waals surface area contributed by atoms with Crippen molar-refractivity contribution in [2.75, 3.05) is 33.5 Å². The summed E-state index contributed by atoms with van der Waals surface area (Å²) in [6.45, 7) is 15.7. The Morgan fingerprint density at radius 2 is 1.59 bits per heavy atom. The number of carboxylic acid groups (broad SMARTS) is 1. The molecule has 12 heteroatoms. The van der Waals surface area contributed by atoms with Crippen LogP contribution in [0.1, 0.15) is 124 Å². The Morgan fingerprint density at radius 1 is 0.982 bits per heavy atom. The average Bonchev–Trinajstić information content (AvgIpc) is 3.62. The fourth-order valence-corrected chi connectivity index (χ4v) is 7.48. The number of ether oxygens (including phenoxy) is 4. The van der Waals surface area contributed by atoms with Crippen LogP contribution in [0, 0.1) is 17.8 Å². The van der Waals surface area contributed by atoms with Crippen molar-refractivity contribution >= 4 is 26.2 Å². The van der Waals surface area contributed by atoms with Crippen LogP contribution in [-0.4, -0.2) is 87.3 Å². The fourth-order valence-electron chi connectivity index (χ4n) is 6.43. The molecule has 1 aromatic carbocycles. The first-order valence-corrected chi connectivity index (χ1v) is 23.5. The molecule has 56 heavy (non-hydrogen) atoms. The first-order valence-electron chi connectivity index (χ1n) is 20.6. The summed E-state index contributed by atoms with van der Waals surface area (Å²) in [5, 5.41) is 24.8. The van der Waals surface area contributed by atoms with E-state index in [4.69, 9.17) is 23.4 Å². The molecule has 0 unspecified atom stereocenters. The predicted octanol–water partition coefficient (Wildman–Crippen LogP) is 8.13. The normalized spacial score (nSPS) is 16.4. The number of aliphatic hydroxyl groups is 1. The van der Waals surface area contributed by atoms with Crippen LogP contribution in [-0.2, 0) is 39.4 Å². The summed E-state index contributed by atoms with van der Waals surface area (Å²) in [6, 6.07) is 5.87. The van der Waals surface area contributed by atoms with Crippen molar-refractivity contribution in [2.24, 2.45) is 5.92 Å². The molecule has 0 spiro atoms. The predicted molar refractivity (Wildman–Crippen MR) is 222 cm³/mol. The molecule has 0 aromatic heterocycles. The minimum atomic E-state index is -2.50. The zero-order valence-corrected chi connectivity index (χ0v) is 36.5. The molecule has 316 valence electrons. The highest BCUT2D eigenvalue weighted by Crippen LogP contribution is 2.37. The fraction of sp³-hybridized carbons (Fsp3) is 0.705. The van der Waals surface area contributed by atoms with Gasteiger partial charge < -0.3 is 38.9 Å². The quantitative estimate of drug-likeness (QED) is 0.0262. The van der Waals surface area contributed by atoms with Gasteiger partial charge in [0, 0.05) is 32.3 Å². The van der Waals surface area contributed by atoms with Crippen LogP contribution >= 0.6 is 0 Å². The zero-order chi connectivity index (χ0) is 41.7. The topological polar surface area (TPSA) is 150 Å². The molecule has 1 amide bonds. The van der Waals surface area contributed by atoms with E-state index in [1.54, 1.807) is 37.3 Å². The van der Waals surface area contributed by atoms with Gasteiger partial charge in [-0.2, -0.15) is 0 Å². The first-order chi connectivity index (χ1) is 26.5. The van der Waals surface area contributed by atoms with Gasteiger partial charge >= 0.3 is 11.9 Å². The van der Waals surface area contributed by atoms with Crippen molar-refractivity contribution in [3.63, 3.8) is 0 Å². The molecule has 3 N–H and O–H groups in total. The number of rotatable bonds is 27. The van der Waals surface area contributed by atoms with Gasteiger partial charge in [0.15, 0.2) is 19.7 Å². The second kappa shape index (κ2) is 24.5. The first kappa shape index (κ1) is 48.9. The number of methoxy groups -OCH3 is 1. The van der Waals surface area contributed by atoms with Crippen molar-refractivity contribution in [1.82, 2.24) is 5.32 Å². The second-order valence-electron chi connectivity index (χ2n) is 16.4. The van der Waals surface area contributed by atoms with Crippen molar-refractivity contribution in [1.29, 1.82) is 0 Å². The Balaban J connectivity index is 2.17. The molecule has 1 aliphatic heterocycles. The number of carbonyl (C=O) groups excluding carboxylic acids is 2. The van der Waals surface area contributed by atoms with E-state index in [1.165, 1.54) is 38.9 Å². The number of carboxylic acids is 1. The Hall–Kier alpha value is -3.21. The molecule has 0 bridgehead atoms. The number of unbranched alkanes of at least 4 members (excludes halogenated alkanes) is 8. The lowest BCUT2D eigenvalue weighted by Crippen LogP contribution is -2.55. The van der Waals surface area contributed by atoms with E-state index in [9.17, 15) is 24.6 Å². The number of aliphatic carboxylic acids is 1. The Kier molecular flexibility index (Phi) is 21.4. The maximum Gasteiger partial charge on any atom is 0.336 e. The molecule has 0 aliphatic carbocycles. The van der Waals surface area contributed by atoms with Crippen molar-refractivity contribution in [3.8, 4) is 17.6 Å². The highest BCUT2D eigenvalue weighted by atomic mass is 28.4. The number of nitrogens with one attached hydrogen (secondary N) is 1. The van der Waals surface area contributed by atoms with Gasteiger partial charge in [0.2, 0.25) is 5.91 Å². The molecule has 0 radical (unpaired) electrons. The van der Waals surface area contributed by atoms with Crippen LogP contribution < -0.4 is 10.1 Å². The van der Waals surface area contributed by atoms with Gasteiger partial charge in [0.25, 0.3) is 0 Å². The molecule has 1 aromatic rings. The van der Waals surface area contributed by atoms with Crippen molar-refractivity contribution in [3.05, 3.63) is 42.0 Å². The lowest BCUT2D eigenvalue weighted by atomic mass is 9.83. The van der Waals surface area contributed by atoms with Crippen LogP contribution in [0.4, 0.5) is 0 Å². The molecule has 3 atom stereocenters. The number of esters is 1. The highest BCUT2D eigenvalue weighted by molar-refractivity contribution is 6.74. The Labute approximate surface area is 337 Å². The third-order valence-corrected chi connectivity index (χ3v) is 15.6. The Bertz CT molecular complexity index is 1420. The maximum atomic E-state index is 14.0. The van der Waals surface area contributed by atoms with Gasteiger partial charge in [-0.1, -0.05) is 96.4 Å².